The van der Waals surface area contributed by atoms with E-state index in [4.69, 9.17) is 9.29 Å². The minimum Gasteiger partial charge on any atom is -0.468 e. The van der Waals surface area contributed by atoms with E-state index in [1.54, 1.807) is 54.6 Å². The standard InChI is InChI=1S/C17H16O5S/c1-22-17(19)15(13-5-3-2-4-6-13)16(18)14-9-7-12(8-10-14)11-23(20)21/h2-10,15H,11H2,1H3,(H,20,21). The first-order chi connectivity index (χ1) is 11.0. The third kappa shape index (κ3) is 4.34. The molecule has 5 nitrogen and oxygen atoms in total. The number of hydrogen-bond acceptors (Lipinski definition) is 4. The van der Waals surface area contributed by atoms with Gasteiger partial charge in [0.1, 0.15) is 5.92 Å². The quantitative estimate of drug-likeness (QED) is 0.380. The Bertz CT molecular complexity index is 710. The first-order valence-corrected chi connectivity index (χ1v) is 8.14. The number of ketones is 1. The lowest BCUT2D eigenvalue weighted by atomic mass is 9.90. The number of esters is 1. The van der Waals surface area contributed by atoms with Crippen molar-refractivity contribution in [1.29, 1.82) is 0 Å². The molecule has 2 atom stereocenters. The fourth-order valence-corrected chi connectivity index (χ4v) is 2.71. The fraction of sp³-hybridized carbons (Fsp3) is 0.176. The number of Topliss-reactive ketones (excluding diaryl/α,β-unsaturated/α-hetero) is 1. The maximum absolute atomic E-state index is 12.7. The largest absolute Gasteiger partial charge is 0.468 e. The third-order valence-electron chi connectivity index (χ3n) is 3.36. The van der Waals surface area contributed by atoms with E-state index in [1.807, 2.05) is 0 Å². The highest BCUT2D eigenvalue weighted by Gasteiger charge is 2.30. The summed E-state index contributed by atoms with van der Waals surface area (Å²) in [4.78, 5) is 24.7. The molecule has 23 heavy (non-hydrogen) atoms. The van der Waals surface area contributed by atoms with Gasteiger partial charge in [0.25, 0.3) is 0 Å². The van der Waals surface area contributed by atoms with Gasteiger partial charge in [-0.3, -0.25) is 9.59 Å². The molecular weight excluding hydrogens is 316 g/mol. The number of methoxy groups -OCH3 is 1. The summed E-state index contributed by atoms with van der Waals surface area (Å²) in [7, 11) is 1.24. The lowest BCUT2D eigenvalue weighted by Gasteiger charge is -2.14. The molecule has 2 aromatic carbocycles. The van der Waals surface area contributed by atoms with Gasteiger partial charge < -0.3 is 9.29 Å². The van der Waals surface area contributed by atoms with Gasteiger partial charge in [-0.25, -0.2) is 4.21 Å². The van der Waals surface area contributed by atoms with E-state index in [-0.39, 0.29) is 11.5 Å². The van der Waals surface area contributed by atoms with Crippen molar-refractivity contribution in [3.63, 3.8) is 0 Å². The van der Waals surface area contributed by atoms with Crippen molar-refractivity contribution in [3.05, 3.63) is 71.3 Å². The molecule has 6 heteroatoms. The van der Waals surface area contributed by atoms with Gasteiger partial charge in [0.15, 0.2) is 16.9 Å². The first-order valence-electron chi connectivity index (χ1n) is 6.86. The zero-order valence-electron chi connectivity index (χ0n) is 12.5. The molecule has 0 aliphatic rings. The SMILES string of the molecule is COC(=O)C(C(=O)c1ccc(CS(=O)O)cc1)c1ccccc1. The molecule has 0 aliphatic heterocycles. The Morgan fingerprint density at radius 3 is 2.22 bits per heavy atom. The molecule has 0 amide bonds. The van der Waals surface area contributed by atoms with Crippen molar-refractivity contribution in [2.75, 3.05) is 7.11 Å². The Balaban J connectivity index is 2.30. The Kier molecular flexibility index (Phi) is 5.78. The van der Waals surface area contributed by atoms with Crippen LogP contribution in [0.3, 0.4) is 0 Å². The number of rotatable bonds is 6. The van der Waals surface area contributed by atoms with Crippen LogP contribution in [0.25, 0.3) is 0 Å². The van der Waals surface area contributed by atoms with Gasteiger partial charge in [-0.15, -0.1) is 0 Å². The second kappa shape index (κ2) is 7.80. The lowest BCUT2D eigenvalue weighted by molar-refractivity contribution is -0.141. The summed E-state index contributed by atoms with van der Waals surface area (Å²) < 4.78 is 24.4. The van der Waals surface area contributed by atoms with E-state index in [0.717, 1.165) is 0 Å². The molecule has 0 saturated carbocycles. The molecule has 0 aliphatic carbocycles. The van der Waals surface area contributed by atoms with Crippen molar-refractivity contribution in [3.8, 4) is 0 Å². The number of carbonyl (C=O) groups excluding carboxylic acids is 2. The van der Waals surface area contributed by atoms with Crippen molar-refractivity contribution >= 4 is 22.8 Å². The predicted octanol–water partition coefficient (Wildman–Crippen LogP) is 2.55. The summed E-state index contributed by atoms with van der Waals surface area (Å²) in [5.41, 5.74) is 1.54. The molecule has 1 N–H and O–H groups in total. The molecule has 0 heterocycles. The fourth-order valence-electron chi connectivity index (χ4n) is 2.23. The van der Waals surface area contributed by atoms with Crippen molar-refractivity contribution in [2.24, 2.45) is 0 Å². The molecule has 120 valence electrons. The average Bonchev–Trinajstić information content (AvgIpc) is 2.56. The maximum Gasteiger partial charge on any atom is 0.321 e. The summed E-state index contributed by atoms with van der Waals surface area (Å²) in [6.07, 6.45) is 0. The topological polar surface area (TPSA) is 80.7 Å². The van der Waals surface area contributed by atoms with Crippen molar-refractivity contribution < 1.29 is 23.1 Å². The summed E-state index contributed by atoms with van der Waals surface area (Å²) >= 11 is -1.94. The summed E-state index contributed by atoms with van der Waals surface area (Å²) in [6.45, 7) is 0. The molecule has 2 aromatic rings. The van der Waals surface area contributed by atoms with E-state index >= 15 is 0 Å². The molecule has 0 radical (unpaired) electrons. The molecular formula is C17H16O5S. The van der Waals surface area contributed by atoms with Crippen LogP contribution in [0.1, 0.15) is 27.4 Å². The van der Waals surface area contributed by atoms with E-state index < -0.39 is 23.0 Å². The normalized spacial score (nSPS) is 13.1. The minimum atomic E-state index is -1.94. The van der Waals surface area contributed by atoms with E-state index in [0.29, 0.717) is 16.7 Å². The monoisotopic (exact) mass is 332 g/mol. The van der Waals surface area contributed by atoms with Crippen LogP contribution in [0.2, 0.25) is 0 Å². The highest BCUT2D eigenvalue weighted by atomic mass is 32.2. The second-order valence-electron chi connectivity index (χ2n) is 4.89. The van der Waals surface area contributed by atoms with Crippen molar-refractivity contribution in [1.82, 2.24) is 0 Å². The van der Waals surface area contributed by atoms with Crippen LogP contribution >= 0.6 is 0 Å². The number of carbonyl (C=O) groups is 2. The molecule has 2 unspecified atom stereocenters. The zero-order valence-corrected chi connectivity index (χ0v) is 13.3. The zero-order chi connectivity index (χ0) is 16.8. The van der Waals surface area contributed by atoms with Gasteiger partial charge in [-0.2, -0.15) is 0 Å². The Morgan fingerprint density at radius 1 is 1.09 bits per heavy atom. The van der Waals surface area contributed by atoms with Gasteiger partial charge in [-0.1, -0.05) is 54.6 Å². The van der Waals surface area contributed by atoms with Gasteiger partial charge in [0.2, 0.25) is 0 Å². The van der Waals surface area contributed by atoms with E-state index in [9.17, 15) is 13.8 Å². The average molecular weight is 332 g/mol. The van der Waals surface area contributed by atoms with Crippen LogP contribution in [-0.2, 0) is 26.4 Å². The molecule has 0 aromatic heterocycles. The van der Waals surface area contributed by atoms with Crippen LogP contribution < -0.4 is 0 Å². The molecule has 0 spiro atoms. The van der Waals surface area contributed by atoms with Crippen molar-refractivity contribution in [2.45, 2.75) is 11.7 Å². The van der Waals surface area contributed by atoms with Gasteiger partial charge >= 0.3 is 5.97 Å². The Labute approximate surface area is 136 Å². The van der Waals surface area contributed by atoms with Crippen LogP contribution in [0.4, 0.5) is 0 Å². The minimum absolute atomic E-state index is 0.00636. The van der Waals surface area contributed by atoms with E-state index in [1.165, 1.54) is 7.11 Å². The van der Waals surface area contributed by atoms with Crippen LogP contribution in [0, 0.1) is 0 Å². The van der Waals surface area contributed by atoms with Gasteiger partial charge in [0, 0.05) is 5.56 Å². The molecule has 0 fully saturated rings. The number of ether oxygens (including phenoxy) is 1. The summed E-state index contributed by atoms with van der Waals surface area (Å²) in [5.74, 6) is -2.03. The second-order valence-corrected chi connectivity index (χ2v) is 5.83. The van der Waals surface area contributed by atoms with Crippen LogP contribution in [-0.4, -0.2) is 27.6 Å². The summed E-state index contributed by atoms with van der Waals surface area (Å²) in [6, 6.07) is 15.0. The smallest absolute Gasteiger partial charge is 0.321 e. The highest BCUT2D eigenvalue weighted by Crippen LogP contribution is 2.23. The number of benzene rings is 2. The first kappa shape index (κ1) is 17.1. The lowest BCUT2D eigenvalue weighted by Crippen LogP contribution is -2.23. The predicted molar refractivity (Wildman–Crippen MR) is 86.4 cm³/mol. The molecule has 0 bridgehead atoms. The van der Waals surface area contributed by atoms with Crippen LogP contribution in [0.5, 0.6) is 0 Å². The van der Waals surface area contributed by atoms with Gasteiger partial charge in [-0.05, 0) is 11.1 Å². The number of hydrogen-bond donors (Lipinski definition) is 1. The van der Waals surface area contributed by atoms with Crippen LogP contribution in [0.15, 0.2) is 54.6 Å². The maximum atomic E-state index is 12.7. The highest BCUT2D eigenvalue weighted by molar-refractivity contribution is 7.78. The molecule has 0 saturated heterocycles. The Morgan fingerprint density at radius 2 is 1.70 bits per heavy atom. The summed E-state index contributed by atoms with van der Waals surface area (Å²) in [5, 5.41) is 0. The third-order valence-corrected chi connectivity index (χ3v) is 3.94. The molecule has 2 rings (SSSR count). The Hall–Kier alpha value is -2.31. The van der Waals surface area contributed by atoms with E-state index in [2.05, 4.69) is 0 Å². The van der Waals surface area contributed by atoms with Gasteiger partial charge in [0.05, 0.1) is 12.9 Å².